The Morgan fingerprint density at radius 1 is 1.06 bits per heavy atom. The van der Waals surface area contributed by atoms with Crippen molar-refractivity contribution in [2.24, 2.45) is 0 Å². The molecule has 2 saturated heterocycles. The Morgan fingerprint density at radius 2 is 1.86 bits per heavy atom. The number of hydrogen-bond donors (Lipinski definition) is 0. The number of ether oxygens (including phenoxy) is 2. The van der Waals surface area contributed by atoms with Gasteiger partial charge in [-0.25, -0.2) is 4.98 Å². The lowest BCUT2D eigenvalue weighted by Crippen LogP contribution is -2.52. The Balaban J connectivity index is 1.41. The molecule has 2 aliphatic rings. The summed E-state index contributed by atoms with van der Waals surface area (Å²) in [4.78, 5) is 25.4. The summed E-state index contributed by atoms with van der Waals surface area (Å²) >= 11 is 0. The first-order valence-electron chi connectivity index (χ1n) is 12.6. The third kappa shape index (κ3) is 4.80. The molecule has 1 amide bonds. The van der Waals surface area contributed by atoms with E-state index in [0.29, 0.717) is 38.5 Å². The zero-order chi connectivity index (χ0) is 24.3. The minimum absolute atomic E-state index is 0.0785. The minimum atomic E-state index is -0.533. The van der Waals surface area contributed by atoms with Crippen LogP contribution in [0.5, 0.6) is 11.6 Å². The molecule has 6 nitrogen and oxygen atoms in total. The van der Waals surface area contributed by atoms with Gasteiger partial charge in [-0.1, -0.05) is 48.0 Å². The maximum absolute atomic E-state index is 14.2. The van der Waals surface area contributed by atoms with Crippen LogP contribution in [0.2, 0.25) is 0 Å². The predicted molar refractivity (Wildman–Crippen MR) is 135 cm³/mol. The number of aryl methyl sites for hydroxylation is 2. The number of carbonyl (C=O) groups is 1. The van der Waals surface area contributed by atoms with Crippen molar-refractivity contribution in [3.05, 3.63) is 83.3 Å². The highest BCUT2D eigenvalue weighted by Gasteiger charge is 2.45. The summed E-state index contributed by atoms with van der Waals surface area (Å²) in [5.74, 6) is 1.59. The van der Waals surface area contributed by atoms with Crippen molar-refractivity contribution in [3.63, 3.8) is 0 Å². The first-order chi connectivity index (χ1) is 17.1. The number of para-hydroxylation sites is 1. The monoisotopic (exact) mass is 471 g/mol. The molecule has 0 N–H and O–H groups in total. The normalized spacial score (nSPS) is 19.8. The summed E-state index contributed by atoms with van der Waals surface area (Å²) in [6.07, 6.45) is 6.68. The van der Waals surface area contributed by atoms with E-state index in [4.69, 9.17) is 9.47 Å². The summed E-state index contributed by atoms with van der Waals surface area (Å²) in [7, 11) is 0. The van der Waals surface area contributed by atoms with Crippen LogP contribution in [-0.2, 0) is 14.9 Å². The van der Waals surface area contributed by atoms with Gasteiger partial charge in [0.25, 0.3) is 0 Å². The van der Waals surface area contributed by atoms with E-state index >= 15 is 0 Å². The smallest absolute Gasteiger partial charge is 0.241 e. The van der Waals surface area contributed by atoms with E-state index in [1.165, 1.54) is 5.56 Å². The molecule has 1 atom stereocenters. The molecule has 0 radical (unpaired) electrons. The van der Waals surface area contributed by atoms with Gasteiger partial charge in [-0.15, -0.1) is 0 Å². The highest BCUT2D eigenvalue weighted by atomic mass is 16.5. The standard InChI is InChI=1S/C29H33N3O3/c1-21-7-5-10-24(19-21)29(12-17-34-18-13-29)28(33)32-16-6-9-23(20-32)26-27(31-15-14-30-26)35-25-11-4-3-8-22(25)2/h3-5,7-8,10-11,14-15,19,23H,6,9,12-13,16-18,20H2,1-2H3/t23-/m0/s1. The summed E-state index contributed by atoms with van der Waals surface area (Å²) in [6, 6.07) is 16.3. The second-order valence-electron chi connectivity index (χ2n) is 9.77. The van der Waals surface area contributed by atoms with Crippen molar-refractivity contribution in [1.29, 1.82) is 0 Å². The molecule has 2 aliphatic heterocycles. The second kappa shape index (κ2) is 10.2. The third-order valence-electron chi connectivity index (χ3n) is 7.41. The number of likely N-dealkylation sites (tertiary alicyclic amines) is 1. The topological polar surface area (TPSA) is 64.6 Å². The average molecular weight is 472 g/mol. The first-order valence-corrected chi connectivity index (χ1v) is 12.6. The van der Waals surface area contributed by atoms with E-state index in [-0.39, 0.29) is 11.8 Å². The van der Waals surface area contributed by atoms with Crippen LogP contribution in [-0.4, -0.2) is 47.1 Å². The van der Waals surface area contributed by atoms with Crippen LogP contribution in [0.3, 0.4) is 0 Å². The molecule has 0 aliphatic carbocycles. The zero-order valence-corrected chi connectivity index (χ0v) is 20.6. The molecule has 5 rings (SSSR count). The Morgan fingerprint density at radius 3 is 2.66 bits per heavy atom. The van der Waals surface area contributed by atoms with E-state index in [0.717, 1.165) is 42.0 Å². The Hall–Kier alpha value is -3.25. The molecule has 0 spiro atoms. The van der Waals surface area contributed by atoms with Crippen LogP contribution in [0.25, 0.3) is 0 Å². The van der Waals surface area contributed by atoms with Crippen molar-refractivity contribution in [2.45, 2.75) is 50.9 Å². The molecular weight excluding hydrogens is 438 g/mol. The van der Waals surface area contributed by atoms with Crippen LogP contribution in [0, 0.1) is 13.8 Å². The summed E-state index contributed by atoms with van der Waals surface area (Å²) in [5.41, 5.74) is 3.62. The van der Waals surface area contributed by atoms with Crippen molar-refractivity contribution < 1.29 is 14.3 Å². The largest absolute Gasteiger partial charge is 0.437 e. The number of rotatable bonds is 5. The molecule has 2 aromatic carbocycles. The van der Waals surface area contributed by atoms with Gasteiger partial charge in [0.1, 0.15) is 11.4 Å². The quantitative estimate of drug-likeness (QED) is 0.503. The summed E-state index contributed by atoms with van der Waals surface area (Å²) in [5, 5.41) is 0. The summed E-state index contributed by atoms with van der Waals surface area (Å²) < 4.78 is 11.9. The Labute approximate surface area is 207 Å². The van der Waals surface area contributed by atoms with Crippen LogP contribution >= 0.6 is 0 Å². The molecule has 35 heavy (non-hydrogen) atoms. The number of piperidine rings is 1. The van der Waals surface area contributed by atoms with Gasteiger partial charge in [0.15, 0.2) is 0 Å². The maximum atomic E-state index is 14.2. The van der Waals surface area contributed by atoms with Gasteiger partial charge in [-0.3, -0.25) is 9.78 Å². The number of aromatic nitrogens is 2. The molecule has 2 fully saturated rings. The lowest BCUT2D eigenvalue weighted by Gasteiger charge is -2.43. The third-order valence-corrected chi connectivity index (χ3v) is 7.41. The highest BCUT2D eigenvalue weighted by Crippen LogP contribution is 2.40. The summed E-state index contributed by atoms with van der Waals surface area (Å²) in [6.45, 7) is 6.70. The van der Waals surface area contributed by atoms with Gasteiger partial charge in [-0.05, 0) is 56.7 Å². The fourth-order valence-electron chi connectivity index (χ4n) is 5.45. The number of hydrogen-bond acceptors (Lipinski definition) is 5. The number of amides is 1. The molecule has 3 heterocycles. The van der Waals surface area contributed by atoms with E-state index < -0.39 is 5.41 Å². The molecule has 0 unspecified atom stereocenters. The van der Waals surface area contributed by atoms with Crippen LogP contribution in [0.15, 0.2) is 60.9 Å². The van der Waals surface area contributed by atoms with Crippen molar-refractivity contribution in [2.75, 3.05) is 26.3 Å². The molecule has 6 heteroatoms. The molecule has 3 aromatic rings. The van der Waals surface area contributed by atoms with Crippen molar-refractivity contribution >= 4 is 5.91 Å². The lowest BCUT2D eigenvalue weighted by atomic mass is 9.72. The van der Waals surface area contributed by atoms with Gasteiger partial charge < -0.3 is 14.4 Å². The SMILES string of the molecule is Cc1cccc(C2(C(=O)N3CCC[C@H](c4nccnc4Oc4ccccc4C)C3)CCOCC2)c1. The van der Waals surface area contributed by atoms with Gasteiger partial charge in [0.2, 0.25) is 11.8 Å². The molecular formula is C29H33N3O3. The molecule has 0 saturated carbocycles. The lowest BCUT2D eigenvalue weighted by molar-refractivity contribution is -0.142. The number of nitrogens with zero attached hydrogens (tertiary/aromatic N) is 3. The Kier molecular flexibility index (Phi) is 6.82. The molecule has 182 valence electrons. The van der Waals surface area contributed by atoms with Crippen molar-refractivity contribution in [1.82, 2.24) is 14.9 Å². The fourth-order valence-corrected chi connectivity index (χ4v) is 5.45. The van der Waals surface area contributed by atoms with Crippen LogP contribution < -0.4 is 4.74 Å². The molecule has 0 bridgehead atoms. The number of carbonyl (C=O) groups excluding carboxylic acids is 1. The van der Waals surface area contributed by atoms with Crippen molar-refractivity contribution in [3.8, 4) is 11.6 Å². The van der Waals surface area contributed by atoms with E-state index in [1.807, 2.05) is 36.1 Å². The second-order valence-corrected chi connectivity index (χ2v) is 9.77. The minimum Gasteiger partial charge on any atom is -0.437 e. The van der Waals surface area contributed by atoms with Gasteiger partial charge in [-0.2, -0.15) is 0 Å². The van der Waals surface area contributed by atoms with Gasteiger partial charge >= 0.3 is 0 Å². The Bertz CT molecular complexity index is 1190. The van der Waals surface area contributed by atoms with Gasteiger partial charge in [0.05, 0.1) is 5.41 Å². The van der Waals surface area contributed by atoms with Crippen LogP contribution in [0.4, 0.5) is 0 Å². The first kappa shape index (κ1) is 23.5. The zero-order valence-electron chi connectivity index (χ0n) is 20.6. The predicted octanol–water partition coefficient (Wildman–Crippen LogP) is 5.34. The van der Waals surface area contributed by atoms with E-state index in [2.05, 4.69) is 41.2 Å². The molecule has 1 aromatic heterocycles. The van der Waals surface area contributed by atoms with Crippen LogP contribution in [0.1, 0.15) is 54.0 Å². The fraction of sp³-hybridized carbons (Fsp3) is 0.414. The maximum Gasteiger partial charge on any atom is 0.241 e. The number of benzene rings is 2. The highest BCUT2D eigenvalue weighted by molar-refractivity contribution is 5.88. The van der Waals surface area contributed by atoms with E-state index in [9.17, 15) is 4.79 Å². The van der Waals surface area contributed by atoms with E-state index in [1.54, 1.807) is 12.4 Å². The average Bonchev–Trinajstić information content (AvgIpc) is 2.90. The van der Waals surface area contributed by atoms with Gasteiger partial charge in [0, 0.05) is 44.6 Å².